The summed E-state index contributed by atoms with van der Waals surface area (Å²) >= 11 is 0. The van der Waals surface area contributed by atoms with Crippen LogP contribution in [0.2, 0.25) is 0 Å². The van der Waals surface area contributed by atoms with E-state index in [-0.39, 0.29) is 12.6 Å². The minimum Gasteiger partial charge on any atom is -0.444 e. The van der Waals surface area contributed by atoms with E-state index in [0.29, 0.717) is 66.0 Å². The number of benzene rings is 2. The first-order valence-corrected chi connectivity index (χ1v) is 14.6. The van der Waals surface area contributed by atoms with E-state index in [1.807, 2.05) is 81.4 Å². The van der Waals surface area contributed by atoms with Gasteiger partial charge in [0.15, 0.2) is 0 Å². The molecule has 1 amide bonds. The number of halogens is 1. The lowest BCUT2D eigenvalue weighted by atomic mass is 9.98. The molecule has 0 fully saturated rings. The van der Waals surface area contributed by atoms with E-state index in [9.17, 15) is 9.18 Å². The molecule has 0 spiro atoms. The van der Waals surface area contributed by atoms with E-state index >= 15 is 0 Å². The topological polar surface area (TPSA) is 96.5 Å². The number of nitrogens with one attached hydrogen (secondary N) is 2. The molecule has 9 nitrogen and oxygen atoms in total. The number of amides is 1. The summed E-state index contributed by atoms with van der Waals surface area (Å²) in [6, 6.07) is 20.0. The molecule has 0 aromatic heterocycles. The molecule has 0 heterocycles. The molecule has 0 aliphatic heterocycles. The molecule has 2 aromatic carbocycles. The molecule has 2 aromatic rings. The summed E-state index contributed by atoms with van der Waals surface area (Å²) in [5.74, 6) is 0. The average Bonchev–Trinajstić information content (AvgIpc) is 2.97. The molecule has 42 heavy (non-hydrogen) atoms. The highest BCUT2D eigenvalue weighted by Crippen LogP contribution is 2.22. The summed E-state index contributed by atoms with van der Waals surface area (Å²) in [4.78, 5) is 11.5. The fourth-order valence-electron chi connectivity index (χ4n) is 3.81. The summed E-state index contributed by atoms with van der Waals surface area (Å²) in [7, 11) is 0. The van der Waals surface area contributed by atoms with E-state index in [1.54, 1.807) is 6.92 Å². The Morgan fingerprint density at radius 3 is 1.67 bits per heavy atom. The van der Waals surface area contributed by atoms with Gasteiger partial charge in [0.25, 0.3) is 0 Å². The maximum atomic E-state index is 14.9. The number of rotatable bonds is 22. The maximum absolute atomic E-state index is 14.9. The molecular weight excluding hydrogens is 543 g/mol. The van der Waals surface area contributed by atoms with Crippen molar-refractivity contribution in [3.8, 4) is 0 Å². The van der Waals surface area contributed by atoms with E-state index < -0.39 is 24.0 Å². The molecule has 0 aliphatic rings. The molecule has 0 radical (unpaired) electrons. The van der Waals surface area contributed by atoms with Crippen molar-refractivity contribution in [3.05, 3.63) is 71.8 Å². The molecule has 0 saturated heterocycles. The summed E-state index contributed by atoms with van der Waals surface area (Å²) in [6.07, 6.45) is -2.19. The lowest BCUT2D eigenvalue weighted by Crippen LogP contribution is -2.36. The number of carbonyl (C=O) groups is 1. The van der Waals surface area contributed by atoms with Crippen molar-refractivity contribution in [3.63, 3.8) is 0 Å². The van der Waals surface area contributed by atoms with Crippen LogP contribution in [-0.2, 0) is 28.4 Å². The van der Waals surface area contributed by atoms with E-state index in [4.69, 9.17) is 28.4 Å². The van der Waals surface area contributed by atoms with E-state index in [2.05, 4.69) is 10.6 Å². The Balaban J connectivity index is 1.42. The molecule has 2 unspecified atom stereocenters. The van der Waals surface area contributed by atoms with Gasteiger partial charge in [-0.15, -0.1) is 0 Å². The van der Waals surface area contributed by atoms with Gasteiger partial charge >= 0.3 is 6.09 Å². The fraction of sp³-hybridized carbons (Fsp3) is 0.594. The summed E-state index contributed by atoms with van der Waals surface area (Å²) < 4.78 is 47.5. The van der Waals surface area contributed by atoms with Gasteiger partial charge in [0, 0.05) is 13.1 Å². The molecule has 2 atom stereocenters. The SMILES string of the molecule is CC(OCCOCCOCCOCCOCCNC(=O)OC(C)(C)C)C(F)CNC(c1ccccc1)c1ccccc1. The minimum atomic E-state index is -1.16. The standard InChI is InChI=1S/C32H49FN2O7/c1-26(29(33)25-35-30(27-11-7-5-8-12-27)28-13-9-6-10-14-28)41-24-23-40-22-21-39-20-19-38-18-17-37-16-15-34-31(36)42-32(2,3)4/h5-14,26,29-30,35H,15-25H2,1-4H3,(H,34,36). The number of ether oxygens (including phenoxy) is 6. The average molecular weight is 593 g/mol. The van der Waals surface area contributed by atoms with Crippen LogP contribution in [0.5, 0.6) is 0 Å². The zero-order chi connectivity index (χ0) is 30.5. The summed E-state index contributed by atoms with van der Waals surface area (Å²) in [5, 5.41) is 5.98. The number of hydrogen-bond acceptors (Lipinski definition) is 8. The first kappa shape index (κ1) is 35.6. The van der Waals surface area contributed by atoms with Gasteiger partial charge in [-0.3, -0.25) is 0 Å². The lowest BCUT2D eigenvalue weighted by molar-refractivity contribution is -0.0356. The third-order valence-corrected chi connectivity index (χ3v) is 5.93. The highest BCUT2D eigenvalue weighted by atomic mass is 19.1. The van der Waals surface area contributed by atoms with E-state index in [1.165, 1.54) is 0 Å². The van der Waals surface area contributed by atoms with E-state index in [0.717, 1.165) is 11.1 Å². The Morgan fingerprint density at radius 1 is 0.738 bits per heavy atom. The second-order valence-electron chi connectivity index (χ2n) is 10.6. The molecule has 236 valence electrons. The Labute approximate surface area is 250 Å². The van der Waals surface area contributed by atoms with Crippen LogP contribution in [0.3, 0.4) is 0 Å². The second-order valence-corrected chi connectivity index (χ2v) is 10.6. The fourth-order valence-corrected chi connectivity index (χ4v) is 3.81. The van der Waals surface area contributed by atoms with Crippen LogP contribution in [0, 0.1) is 0 Å². The van der Waals surface area contributed by atoms with Crippen LogP contribution in [0.4, 0.5) is 9.18 Å². The van der Waals surface area contributed by atoms with Gasteiger partial charge in [-0.25, -0.2) is 9.18 Å². The van der Waals surface area contributed by atoms with Crippen LogP contribution >= 0.6 is 0 Å². The number of hydrogen-bond donors (Lipinski definition) is 2. The highest BCUT2D eigenvalue weighted by molar-refractivity contribution is 5.67. The molecule has 0 bridgehead atoms. The highest BCUT2D eigenvalue weighted by Gasteiger charge is 2.20. The molecule has 0 saturated carbocycles. The Morgan fingerprint density at radius 2 is 1.19 bits per heavy atom. The monoisotopic (exact) mass is 592 g/mol. The van der Waals surface area contributed by atoms with Gasteiger partial charge in [-0.1, -0.05) is 60.7 Å². The largest absolute Gasteiger partial charge is 0.444 e. The third-order valence-electron chi connectivity index (χ3n) is 5.93. The van der Waals surface area contributed by atoms with Crippen molar-refractivity contribution >= 4 is 6.09 Å². The van der Waals surface area contributed by atoms with Gasteiger partial charge in [-0.2, -0.15) is 0 Å². The third kappa shape index (κ3) is 16.7. The number of carbonyl (C=O) groups excluding carboxylic acids is 1. The van der Waals surface area contributed by atoms with Crippen LogP contribution in [0.25, 0.3) is 0 Å². The van der Waals surface area contributed by atoms with Crippen LogP contribution in [0.15, 0.2) is 60.7 Å². The van der Waals surface area contributed by atoms with Gasteiger partial charge in [0.05, 0.1) is 71.6 Å². The molecular formula is C32H49FN2O7. The predicted molar refractivity (Wildman–Crippen MR) is 161 cm³/mol. The van der Waals surface area contributed by atoms with Gasteiger partial charge in [-0.05, 0) is 38.8 Å². The Hall–Kier alpha value is -2.60. The van der Waals surface area contributed by atoms with Crippen molar-refractivity contribution in [1.29, 1.82) is 0 Å². The predicted octanol–water partition coefficient (Wildman–Crippen LogP) is 4.70. The van der Waals surface area contributed by atoms with Gasteiger partial charge in [0.2, 0.25) is 0 Å². The molecule has 0 aliphatic carbocycles. The first-order valence-electron chi connectivity index (χ1n) is 14.6. The molecule has 10 heteroatoms. The van der Waals surface area contributed by atoms with Crippen molar-refractivity contribution in [1.82, 2.24) is 10.6 Å². The summed E-state index contributed by atoms with van der Waals surface area (Å²) in [5.41, 5.74) is 1.65. The first-order chi connectivity index (χ1) is 20.3. The molecule has 2 rings (SSSR count). The van der Waals surface area contributed by atoms with Gasteiger partial charge in [0.1, 0.15) is 11.8 Å². The van der Waals surface area contributed by atoms with Crippen molar-refractivity contribution in [2.24, 2.45) is 0 Å². The van der Waals surface area contributed by atoms with Crippen LogP contribution in [-0.4, -0.2) is 96.5 Å². The lowest BCUT2D eigenvalue weighted by Gasteiger charge is -2.23. The van der Waals surface area contributed by atoms with Crippen LogP contribution < -0.4 is 10.6 Å². The Bertz CT molecular complexity index is 907. The quantitative estimate of drug-likeness (QED) is 0.190. The van der Waals surface area contributed by atoms with Crippen LogP contribution in [0.1, 0.15) is 44.9 Å². The Kier molecular flexibility index (Phi) is 17.9. The van der Waals surface area contributed by atoms with Crippen molar-refractivity contribution < 1.29 is 37.6 Å². The minimum absolute atomic E-state index is 0.0975. The smallest absolute Gasteiger partial charge is 0.407 e. The normalized spacial score (nSPS) is 13.2. The number of alkyl carbamates (subject to hydrolysis) is 1. The zero-order valence-electron chi connectivity index (χ0n) is 25.5. The maximum Gasteiger partial charge on any atom is 0.407 e. The number of alkyl halides is 1. The van der Waals surface area contributed by atoms with Crippen molar-refractivity contribution in [2.75, 3.05) is 72.6 Å². The second kappa shape index (κ2) is 21.1. The summed E-state index contributed by atoms with van der Waals surface area (Å²) in [6.45, 7) is 11.4. The zero-order valence-corrected chi connectivity index (χ0v) is 25.5. The van der Waals surface area contributed by atoms with Crippen molar-refractivity contribution in [2.45, 2.75) is 51.6 Å². The molecule has 2 N–H and O–H groups in total. The van der Waals surface area contributed by atoms with Gasteiger partial charge < -0.3 is 39.1 Å².